The van der Waals surface area contributed by atoms with Gasteiger partial charge in [0.1, 0.15) is 0 Å². The molecule has 0 unspecified atom stereocenters. The number of methoxy groups -OCH3 is 2. The van der Waals surface area contributed by atoms with E-state index >= 15 is 0 Å². The van der Waals surface area contributed by atoms with E-state index in [-0.39, 0.29) is 0 Å². The van der Waals surface area contributed by atoms with Crippen LogP contribution in [-0.4, -0.2) is 34.0 Å². The molecule has 0 aliphatic rings. The number of halogens is 1. The zero-order valence-electron chi connectivity index (χ0n) is 11.9. The van der Waals surface area contributed by atoms with E-state index in [1.807, 2.05) is 12.1 Å². The van der Waals surface area contributed by atoms with Crippen molar-refractivity contribution < 1.29 is 14.2 Å². The monoisotopic (exact) mass is 297 g/mol. The van der Waals surface area contributed by atoms with E-state index in [2.05, 4.69) is 11.2 Å². The second-order valence-electron chi connectivity index (χ2n) is 4.08. The van der Waals surface area contributed by atoms with Crippen molar-refractivity contribution in [3.05, 3.63) is 22.7 Å². The van der Waals surface area contributed by atoms with E-state index in [1.165, 1.54) is 0 Å². The molecule has 0 atom stereocenters. The zero-order chi connectivity index (χ0) is 14.8. The van der Waals surface area contributed by atoms with Crippen LogP contribution in [0.4, 0.5) is 0 Å². The number of benzene rings is 1. The number of hydrogen-bond acceptors (Lipinski definition) is 4. The molecule has 1 aromatic rings. The predicted octanol–water partition coefficient (Wildman–Crippen LogP) is 2.49. The summed E-state index contributed by atoms with van der Waals surface area (Å²) in [4.78, 5) is 0. The summed E-state index contributed by atoms with van der Waals surface area (Å²) in [7, 11) is 3.26. The van der Waals surface area contributed by atoms with Gasteiger partial charge in [-0.25, -0.2) is 0 Å². The lowest BCUT2D eigenvalue weighted by Crippen LogP contribution is -2.18. The first kappa shape index (κ1) is 16.6. The van der Waals surface area contributed by atoms with Gasteiger partial charge >= 0.3 is 0 Å². The first-order valence-electron chi connectivity index (χ1n) is 6.35. The van der Waals surface area contributed by atoms with Gasteiger partial charge in [0.05, 0.1) is 25.3 Å². The molecule has 0 aliphatic heterocycles. The topological polar surface area (TPSA) is 39.7 Å². The first-order chi connectivity index (χ1) is 9.72. The van der Waals surface area contributed by atoms with Gasteiger partial charge in [-0.1, -0.05) is 11.6 Å². The van der Waals surface area contributed by atoms with E-state index in [1.54, 1.807) is 14.2 Å². The van der Waals surface area contributed by atoms with Crippen LogP contribution in [0.5, 0.6) is 11.5 Å². The van der Waals surface area contributed by atoms with Gasteiger partial charge in [0, 0.05) is 26.6 Å². The van der Waals surface area contributed by atoms with E-state index < -0.39 is 0 Å². The highest BCUT2D eigenvalue weighted by atomic mass is 35.5. The van der Waals surface area contributed by atoms with Gasteiger partial charge in [-0.3, -0.25) is 0 Å². The minimum atomic E-state index is 0.415. The van der Waals surface area contributed by atoms with E-state index in [0.29, 0.717) is 42.7 Å². The summed E-state index contributed by atoms with van der Waals surface area (Å²) in [5.74, 6) is 3.66. The van der Waals surface area contributed by atoms with Crippen molar-refractivity contribution in [2.45, 2.75) is 13.0 Å². The van der Waals surface area contributed by atoms with Crippen LogP contribution in [0.1, 0.15) is 12.0 Å². The van der Waals surface area contributed by atoms with Crippen LogP contribution < -0.4 is 14.8 Å². The van der Waals surface area contributed by atoms with Crippen LogP contribution in [0.25, 0.3) is 0 Å². The smallest absolute Gasteiger partial charge is 0.179 e. The van der Waals surface area contributed by atoms with Gasteiger partial charge in [-0.05, 0) is 17.7 Å². The third-order valence-electron chi connectivity index (χ3n) is 2.59. The fourth-order valence-corrected chi connectivity index (χ4v) is 1.92. The Morgan fingerprint density at radius 2 is 2.10 bits per heavy atom. The van der Waals surface area contributed by atoms with Gasteiger partial charge in [0.2, 0.25) is 0 Å². The highest BCUT2D eigenvalue weighted by Gasteiger charge is 2.11. The summed E-state index contributed by atoms with van der Waals surface area (Å²) in [5, 5.41) is 3.76. The summed E-state index contributed by atoms with van der Waals surface area (Å²) >= 11 is 6.22. The predicted molar refractivity (Wildman–Crippen MR) is 80.5 cm³/mol. The molecule has 5 heteroatoms. The molecule has 0 saturated heterocycles. The van der Waals surface area contributed by atoms with Crippen LogP contribution in [0.15, 0.2) is 12.1 Å². The summed E-state index contributed by atoms with van der Waals surface area (Å²) in [6.45, 7) is 2.54. The molecule has 1 N–H and O–H groups in total. The molecule has 4 nitrogen and oxygen atoms in total. The van der Waals surface area contributed by atoms with Crippen molar-refractivity contribution >= 4 is 11.6 Å². The van der Waals surface area contributed by atoms with Crippen molar-refractivity contribution in [1.29, 1.82) is 0 Å². The van der Waals surface area contributed by atoms with E-state index in [0.717, 1.165) is 12.1 Å². The molecule has 0 amide bonds. The molecule has 0 bridgehead atoms. The van der Waals surface area contributed by atoms with Gasteiger partial charge in [0.25, 0.3) is 0 Å². The maximum absolute atomic E-state index is 6.22. The average molecular weight is 298 g/mol. The van der Waals surface area contributed by atoms with Crippen LogP contribution >= 0.6 is 11.6 Å². The number of terminal acetylenes is 1. The Balaban J connectivity index is 2.71. The molecule has 0 fully saturated rings. The fraction of sp³-hybridized carbons (Fsp3) is 0.467. The van der Waals surface area contributed by atoms with Crippen molar-refractivity contribution in [2.75, 3.05) is 34.0 Å². The molecule has 1 aromatic carbocycles. The second kappa shape index (κ2) is 9.49. The average Bonchev–Trinajstić information content (AvgIpc) is 2.45. The Morgan fingerprint density at radius 1 is 1.30 bits per heavy atom. The maximum atomic E-state index is 6.22. The number of rotatable bonds is 9. The van der Waals surface area contributed by atoms with Crippen LogP contribution in [0, 0.1) is 12.3 Å². The van der Waals surface area contributed by atoms with Gasteiger partial charge in [-0.15, -0.1) is 12.3 Å². The van der Waals surface area contributed by atoms with Gasteiger partial charge in [0.15, 0.2) is 11.5 Å². The molecule has 20 heavy (non-hydrogen) atoms. The molecule has 110 valence electrons. The van der Waals surface area contributed by atoms with Crippen molar-refractivity contribution in [2.24, 2.45) is 0 Å². The highest BCUT2D eigenvalue weighted by Crippen LogP contribution is 2.36. The van der Waals surface area contributed by atoms with Crippen LogP contribution in [0.3, 0.4) is 0 Å². The van der Waals surface area contributed by atoms with Gasteiger partial charge < -0.3 is 19.5 Å². The quantitative estimate of drug-likeness (QED) is 0.561. The van der Waals surface area contributed by atoms with Crippen LogP contribution in [0.2, 0.25) is 5.02 Å². The van der Waals surface area contributed by atoms with Crippen molar-refractivity contribution in [3.8, 4) is 23.8 Å². The third kappa shape index (κ3) is 5.30. The maximum Gasteiger partial charge on any atom is 0.179 e. The van der Waals surface area contributed by atoms with E-state index in [4.69, 9.17) is 32.2 Å². The standard InChI is InChI=1S/C15H20ClNO3/c1-4-5-7-20-15-13(16)9-12(10-14(15)19-3)11-17-6-8-18-2/h1,9-10,17H,5-8,11H2,2-3H3. The normalized spacial score (nSPS) is 10.1. The molecule has 0 aliphatic carbocycles. The Hall–Kier alpha value is -1.41. The Kier molecular flexibility index (Phi) is 7.89. The van der Waals surface area contributed by atoms with E-state index in [9.17, 15) is 0 Å². The third-order valence-corrected chi connectivity index (χ3v) is 2.87. The van der Waals surface area contributed by atoms with Gasteiger partial charge in [-0.2, -0.15) is 0 Å². The minimum Gasteiger partial charge on any atom is -0.493 e. The first-order valence-corrected chi connectivity index (χ1v) is 6.73. The number of nitrogens with one attached hydrogen (secondary N) is 1. The molecule has 0 saturated carbocycles. The summed E-state index contributed by atoms with van der Waals surface area (Å²) in [5.41, 5.74) is 1.02. The Labute approximate surface area is 125 Å². The van der Waals surface area contributed by atoms with Crippen LogP contribution in [-0.2, 0) is 11.3 Å². The lowest BCUT2D eigenvalue weighted by Gasteiger charge is -2.14. The lowest BCUT2D eigenvalue weighted by atomic mass is 10.2. The minimum absolute atomic E-state index is 0.415. The lowest BCUT2D eigenvalue weighted by molar-refractivity contribution is 0.199. The largest absolute Gasteiger partial charge is 0.493 e. The number of ether oxygens (including phenoxy) is 3. The molecular formula is C15H20ClNO3. The fourth-order valence-electron chi connectivity index (χ4n) is 1.63. The molecule has 0 heterocycles. The number of hydrogen-bond donors (Lipinski definition) is 1. The molecular weight excluding hydrogens is 278 g/mol. The Bertz CT molecular complexity index is 457. The molecule has 0 aromatic heterocycles. The summed E-state index contributed by atoms with van der Waals surface area (Å²) < 4.78 is 15.8. The second-order valence-corrected chi connectivity index (χ2v) is 4.49. The molecule has 0 radical (unpaired) electrons. The highest BCUT2D eigenvalue weighted by molar-refractivity contribution is 6.32. The molecule has 0 spiro atoms. The molecule has 1 rings (SSSR count). The zero-order valence-corrected chi connectivity index (χ0v) is 12.6. The SMILES string of the molecule is C#CCCOc1c(Cl)cc(CNCCOC)cc1OC. The summed E-state index contributed by atoms with van der Waals surface area (Å²) in [6, 6.07) is 3.76. The Morgan fingerprint density at radius 3 is 2.75 bits per heavy atom. The summed E-state index contributed by atoms with van der Waals surface area (Å²) in [6.07, 6.45) is 5.72. The van der Waals surface area contributed by atoms with Crippen molar-refractivity contribution in [1.82, 2.24) is 5.32 Å². The van der Waals surface area contributed by atoms with Crippen molar-refractivity contribution in [3.63, 3.8) is 0 Å².